The molecule has 80 valence electrons. The van der Waals surface area contributed by atoms with E-state index in [9.17, 15) is 0 Å². The van der Waals surface area contributed by atoms with Crippen molar-refractivity contribution in [2.45, 2.75) is 19.5 Å². The van der Waals surface area contributed by atoms with Crippen molar-refractivity contribution in [1.82, 2.24) is 9.88 Å². The van der Waals surface area contributed by atoms with Crippen molar-refractivity contribution in [1.29, 1.82) is 0 Å². The summed E-state index contributed by atoms with van der Waals surface area (Å²) in [5, 5.41) is 3.41. The van der Waals surface area contributed by atoms with Crippen molar-refractivity contribution in [3.63, 3.8) is 0 Å². The summed E-state index contributed by atoms with van der Waals surface area (Å²) >= 11 is 0. The molecule has 3 nitrogen and oxygen atoms in total. The van der Waals surface area contributed by atoms with Gasteiger partial charge in [-0.2, -0.15) is 0 Å². The Morgan fingerprint density at radius 2 is 2.33 bits per heavy atom. The molecular formula is C12H16N2O. The zero-order valence-corrected chi connectivity index (χ0v) is 9.10. The molecule has 2 aromatic rings. The van der Waals surface area contributed by atoms with Gasteiger partial charge in [0.1, 0.15) is 5.76 Å². The Hall–Kier alpha value is -1.48. The van der Waals surface area contributed by atoms with Crippen molar-refractivity contribution in [2.75, 3.05) is 0 Å². The lowest BCUT2D eigenvalue weighted by atomic mass is 10.2. The molecule has 0 bridgehead atoms. The van der Waals surface area contributed by atoms with E-state index < -0.39 is 0 Å². The van der Waals surface area contributed by atoms with Gasteiger partial charge < -0.3 is 14.3 Å². The third-order valence-corrected chi connectivity index (χ3v) is 2.48. The topological polar surface area (TPSA) is 30.1 Å². The molecule has 0 amide bonds. The Morgan fingerprint density at radius 3 is 2.93 bits per heavy atom. The Labute approximate surface area is 89.7 Å². The van der Waals surface area contributed by atoms with Crippen LogP contribution in [0.3, 0.4) is 0 Å². The second-order valence-electron chi connectivity index (χ2n) is 3.80. The van der Waals surface area contributed by atoms with Gasteiger partial charge in [0, 0.05) is 26.0 Å². The summed E-state index contributed by atoms with van der Waals surface area (Å²) in [6, 6.07) is 6.26. The van der Waals surface area contributed by atoms with Gasteiger partial charge in [0.05, 0.1) is 12.3 Å². The fraction of sp³-hybridized carbons (Fsp3) is 0.333. The van der Waals surface area contributed by atoms with Crippen LogP contribution in [0, 0.1) is 0 Å². The number of nitrogens with zero attached hydrogens (tertiary/aromatic N) is 1. The van der Waals surface area contributed by atoms with E-state index in [-0.39, 0.29) is 6.04 Å². The lowest BCUT2D eigenvalue weighted by molar-refractivity contribution is 0.430. The molecule has 15 heavy (non-hydrogen) atoms. The van der Waals surface area contributed by atoms with Crippen LogP contribution in [-0.2, 0) is 13.6 Å². The molecule has 2 aromatic heterocycles. The maximum absolute atomic E-state index is 5.32. The van der Waals surface area contributed by atoms with E-state index in [2.05, 4.69) is 35.3 Å². The molecule has 3 heteroatoms. The van der Waals surface area contributed by atoms with E-state index in [0.717, 1.165) is 12.3 Å². The van der Waals surface area contributed by atoms with E-state index >= 15 is 0 Å². The maximum Gasteiger partial charge on any atom is 0.120 e. The summed E-state index contributed by atoms with van der Waals surface area (Å²) < 4.78 is 7.37. The number of aromatic nitrogens is 1. The van der Waals surface area contributed by atoms with Gasteiger partial charge in [0.15, 0.2) is 0 Å². The lowest BCUT2D eigenvalue weighted by Crippen LogP contribution is -2.17. The van der Waals surface area contributed by atoms with E-state index in [0.29, 0.717) is 0 Å². The Balaban J connectivity index is 1.88. The molecule has 0 aliphatic rings. The average Bonchev–Trinajstić information content (AvgIpc) is 2.84. The Bertz CT molecular complexity index is 403. The number of hydrogen-bond acceptors (Lipinski definition) is 2. The second kappa shape index (κ2) is 4.36. The van der Waals surface area contributed by atoms with Gasteiger partial charge in [0.25, 0.3) is 0 Å². The molecule has 0 fully saturated rings. The normalized spacial score (nSPS) is 12.9. The summed E-state index contributed by atoms with van der Waals surface area (Å²) in [7, 11) is 2.03. The third kappa shape index (κ3) is 2.50. The predicted octanol–water partition coefficient (Wildman–Crippen LogP) is 2.47. The summed E-state index contributed by atoms with van der Waals surface area (Å²) in [6.45, 7) is 2.96. The van der Waals surface area contributed by atoms with Crippen LogP contribution in [0.4, 0.5) is 0 Å². The van der Waals surface area contributed by atoms with Crippen molar-refractivity contribution >= 4 is 0 Å². The highest BCUT2D eigenvalue weighted by Gasteiger charge is 2.06. The molecule has 0 saturated heterocycles. The van der Waals surface area contributed by atoms with Gasteiger partial charge in [-0.1, -0.05) is 0 Å². The number of rotatable bonds is 4. The zero-order chi connectivity index (χ0) is 10.7. The predicted molar refractivity (Wildman–Crippen MR) is 59.4 cm³/mol. The summed E-state index contributed by atoms with van der Waals surface area (Å²) in [5.74, 6) is 0.978. The Morgan fingerprint density at radius 1 is 1.47 bits per heavy atom. The van der Waals surface area contributed by atoms with Gasteiger partial charge in [-0.15, -0.1) is 0 Å². The van der Waals surface area contributed by atoms with Crippen LogP contribution in [0.15, 0.2) is 41.3 Å². The van der Waals surface area contributed by atoms with Crippen LogP contribution in [-0.4, -0.2) is 4.57 Å². The van der Waals surface area contributed by atoms with Crippen molar-refractivity contribution in [3.8, 4) is 0 Å². The quantitative estimate of drug-likeness (QED) is 0.829. The largest absolute Gasteiger partial charge is 0.468 e. The standard InChI is InChI=1S/C12H16N2O/c1-10(12-4-3-7-15-12)13-8-11-5-6-14(2)9-11/h3-7,9-10,13H,8H2,1-2H3. The number of hydrogen-bond donors (Lipinski definition) is 1. The Kier molecular flexibility index (Phi) is 2.92. The van der Waals surface area contributed by atoms with Crippen molar-refractivity contribution in [3.05, 3.63) is 48.2 Å². The average molecular weight is 204 g/mol. The lowest BCUT2D eigenvalue weighted by Gasteiger charge is -2.09. The SMILES string of the molecule is CC(NCc1ccn(C)c1)c1ccco1. The van der Waals surface area contributed by atoms with E-state index in [4.69, 9.17) is 4.42 Å². The van der Waals surface area contributed by atoms with Crippen molar-refractivity contribution < 1.29 is 4.42 Å². The molecule has 1 N–H and O–H groups in total. The van der Waals surface area contributed by atoms with Gasteiger partial charge in [-0.3, -0.25) is 0 Å². The van der Waals surface area contributed by atoms with Gasteiger partial charge in [0.2, 0.25) is 0 Å². The minimum absolute atomic E-state index is 0.250. The summed E-state index contributed by atoms with van der Waals surface area (Å²) in [5.41, 5.74) is 1.29. The van der Waals surface area contributed by atoms with Crippen LogP contribution in [0.2, 0.25) is 0 Å². The first-order chi connectivity index (χ1) is 7.25. The highest BCUT2D eigenvalue weighted by atomic mass is 16.3. The van der Waals surface area contributed by atoms with Gasteiger partial charge in [-0.05, 0) is 30.7 Å². The van der Waals surface area contributed by atoms with E-state index in [1.807, 2.05) is 19.2 Å². The van der Waals surface area contributed by atoms with Gasteiger partial charge in [-0.25, -0.2) is 0 Å². The third-order valence-electron chi connectivity index (χ3n) is 2.48. The molecule has 0 aliphatic carbocycles. The molecular weight excluding hydrogens is 188 g/mol. The zero-order valence-electron chi connectivity index (χ0n) is 9.10. The fourth-order valence-corrected chi connectivity index (χ4v) is 1.57. The van der Waals surface area contributed by atoms with Gasteiger partial charge >= 0.3 is 0 Å². The molecule has 1 atom stereocenters. The molecule has 0 spiro atoms. The maximum atomic E-state index is 5.32. The monoisotopic (exact) mass is 204 g/mol. The minimum atomic E-state index is 0.250. The second-order valence-corrected chi connectivity index (χ2v) is 3.80. The van der Waals surface area contributed by atoms with Crippen LogP contribution in [0.5, 0.6) is 0 Å². The highest BCUT2D eigenvalue weighted by Crippen LogP contribution is 2.13. The van der Waals surface area contributed by atoms with E-state index in [1.54, 1.807) is 6.26 Å². The van der Waals surface area contributed by atoms with E-state index in [1.165, 1.54) is 5.56 Å². The first kappa shape index (κ1) is 10.1. The molecule has 2 heterocycles. The first-order valence-corrected chi connectivity index (χ1v) is 5.13. The molecule has 0 radical (unpaired) electrons. The number of aryl methyl sites for hydroxylation is 1. The first-order valence-electron chi connectivity index (χ1n) is 5.13. The van der Waals surface area contributed by atoms with Crippen molar-refractivity contribution in [2.24, 2.45) is 7.05 Å². The van der Waals surface area contributed by atoms with Crippen LogP contribution >= 0.6 is 0 Å². The van der Waals surface area contributed by atoms with Crippen LogP contribution in [0.1, 0.15) is 24.3 Å². The molecule has 0 saturated carbocycles. The summed E-state index contributed by atoms with van der Waals surface area (Å²) in [4.78, 5) is 0. The summed E-state index contributed by atoms with van der Waals surface area (Å²) in [6.07, 6.45) is 5.87. The smallest absolute Gasteiger partial charge is 0.120 e. The highest BCUT2D eigenvalue weighted by molar-refractivity contribution is 5.10. The molecule has 0 aromatic carbocycles. The number of nitrogens with one attached hydrogen (secondary N) is 1. The molecule has 0 aliphatic heterocycles. The fourth-order valence-electron chi connectivity index (χ4n) is 1.57. The molecule has 2 rings (SSSR count). The molecule has 1 unspecified atom stereocenters. The van der Waals surface area contributed by atoms with Crippen LogP contribution in [0.25, 0.3) is 0 Å². The van der Waals surface area contributed by atoms with Crippen LogP contribution < -0.4 is 5.32 Å². The minimum Gasteiger partial charge on any atom is -0.468 e. The number of furan rings is 1.